The normalized spacial score (nSPS) is 14.3. The molecular formula is C20H22Cl2N2O2. The molecule has 0 saturated carbocycles. The van der Waals surface area contributed by atoms with Gasteiger partial charge in [-0.2, -0.15) is 0 Å². The third kappa shape index (κ3) is 4.70. The molecule has 6 heteroatoms. The Hall–Kier alpha value is -1.75. The number of hydrogen-bond donors (Lipinski definition) is 0. The van der Waals surface area contributed by atoms with Gasteiger partial charge in [-0.1, -0.05) is 47.5 Å². The molecule has 0 unspecified atom stereocenters. The van der Waals surface area contributed by atoms with Crippen molar-refractivity contribution in [2.45, 2.75) is 13.0 Å². The summed E-state index contributed by atoms with van der Waals surface area (Å²) in [5.74, 6) is 0.0194. The Morgan fingerprint density at radius 3 is 2.58 bits per heavy atom. The van der Waals surface area contributed by atoms with Crippen molar-refractivity contribution in [3.8, 4) is 0 Å². The highest BCUT2D eigenvalue weighted by Gasteiger charge is 2.17. The van der Waals surface area contributed by atoms with Crippen LogP contribution in [0, 0.1) is 0 Å². The van der Waals surface area contributed by atoms with Gasteiger partial charge in [0.15, 0.2) is 0 Å². The zero-order valence-electron chi connectivity index (χ0n) is 14.8. The van der Waals surface area contributed by atoms with Gasteiger partial charge in [-0.05, 0) is 29.3 Å². The Balaban J connectivity index is 1.69. The van der Waals surface area contributed by atoms with Gasteiger partial charge in [-0.3, -0.25) is 4.79 Å². The van der Waals surface area contributed by atoms with Crippen molar-refractivity contribution >= 4 is 34.8 Å². The summed E-state index contributed by atoms with van der Waals surface area (Å²) in [6.45, 7) is 3.76. The summed E-state index contributed by atoms with van der Waals surface area (Å²) >= 11 is 12.1. The predicted molar refractivity (Wildman–Crippen MR) is 106 cm³/mol. The van der Waals surface area contributed by atoms with Crippen molar-refractivity contribution in [2.75, 3.05) is 38.3 Å². The van der Waals surface area contributed by atoms with Gasteiger partial charge in [0.2, 0.25) is 5.91 Å². The molecule has 1 aliphatic heterocycles. The molecule has 1 amide bonds. The number of benzene rings is 2. The summed E-state index contributed by atoms with van der Waals surface area (Å²) in [7, 11) is 1.82. The van der Waals surface area contributed by atoms with Crippen LogP contribution in [0.1, 0.15) is 11.1 Å². The monoisotopic (exact) mass is 392 g/mol. The van der Waals surface area contributed by atoms with E-state index in [1.165, 1.54) is 5.69 Å². The molecule has 1 heterocycles. The molecule has 0 aliphatic carbocycles. The average Bonchev–Trinajstić information content (AvgIpc) is 2.65. The highest BCUT2D eigenvalue weighted by atomic mass is 35.5. The largest absolute Gasteiger partial charge is 0.378 e. The van der Waals surface area contributed by atoms with Crippen LogP contribution in [0.2, 0.25) is 10.0 Å². The van der Waals surface area contributed by atoms with E-state index in [9.17, 15) is 4.79 Å². The van der Waals surface area contributed by atoms with Crippen LogP contribution in [0.4, 0.5) is 5.69 Å². The zero-order chi connectivity index (χ0) is 18.5. The molecule has 0 radical (unpaired) electrons. The summed E-state index contributed by atoms with van der Waals surface area (Å²) in [5, 5.41) is 1.09. The van der Waals surface area contributed by atoms with Crippen molar-refractivity contribution in [1.82, 2.24) is 4.90 Å². The zero-order valence-corrected chi connectivity index (χ0v) is 16.3. The lowest BCUT2D eigenvalue weighted by atomic mass is 10.1. The van der Waals surface area contributed by atoms with Crippen LogP contribution in [0.3, 0.4) is 0 Å². The summed E-state index contributed by atoms with van der Waals surface area (Å²) < 4.78 is 5.44. The number of carbonyl (C=O) groups excluding carboxylic acids is 1. The molecule has 1 aliphatic rings. The van der Waals surface area contributed by atoms with Gasteiger partial charge in [0.25, 0.3) is 0 Å². The number of amides is 1. The summed E-state index contributed by atoms with van der Waals surface area (Å²) in [6, 6.07) is 13.4. The second-order valence-electron chi connectivity index (χ2n) is 6.39. The highest BCUT2D eigenvalue weighted by Crippen LogP contribution is 2.24. The molecule has 2 aromatic carbocycles. The minimum Gasteiger partial charge on any atom is -0.378 e. The number of ether oxygens (including phenoxy) is 1. The molecule has 0 atom stereocenters. The van der Waals surface area contributed by atoms with Gasteiger partial charge in [0.05, 0.1) is 19.6 Å². The van der Waals surface area contributed by atoms with Crippen molar-refractivity contribution in [1.29, 1.82) is 0 Å². The van der Waals surface area contributed by atoms with Crippen molar-refractivity contribution in [3.05, 3.63) is 63.6 Å². The van der Waals surface area contributed by atoms with Crippen molar-refractivity contribution < 1.29 is 9.53 Å². The van der Waals surface area contributed by atoms with Crippen LogP contribution in [-0.4, -0.2) is 44.2 Å². The molecule has 1 saturated heterocycles. The first kappa shape index (κ1) is 19.0. The molecule has 0 aromatic heterocycles. The number of nitrogens with zero attached hydrogens (tertiary/aromatic N) is 2. The number of halogens is 2. The van der Waals surface area contributed by atoms with E-state index in [0.717, 1.165) is 37.4 Å². The smallest absolute Gasteiger partial charge is 0.227 e. The van der Waals surface area contributed by atoms with Crippen LogP contribution in [-0.2, 0) is 22.5 Å². The molecule has 1 fully saturated rings. The summed E-state index contributed by atoms with van der Waals surface area (Å²) in [6.07, 6.45) is 0.256. The van der Waals surface area contributed by atoms with E-state index in [1.54, 1.807) is 23.1 Å². The fourth-order valence-corrected chi connectivity index (χ4v) is 3.54. The van der Waals surface area contributed by atoms with E-state index in [2.05, 4.69) is 17.0 Å². The molecular weight excluding hydrogens is 371 g/mol. The number of likely N-dealkylation sites (N-methyl/N-ethyl adjacent to an activating group) is 1. The second-order valence-corrected chi connectivity index (χ2v) is 7.23. The van der Waals surface area contributed by atoms with E-state index in [4.69, 9.17) is 27.9 Å². The van der Waals surface area contributed by atoms with E-state index < -0.39 is 0 Å². The Morgan fingerprint density at radius 1 is 1.12 bits per heavy atom. The molecule has 2 aromatic rings. The molecule has 4 nitrogen and oxygen atoms in total. The minimum absolute atomic E-state index is 0.0194. The topological polar surface area (TPSA) is 32.8 Å². The highest BCUT2D eigenvalue weighted by molar-refractivity contribution is 6.35. The van der Waals surface area contributed by atoms with E-state index in [0.29, 0.717) is 16.6 Å². The number of rotatable bonds is 5. The molecule has 0 bridgehead atoms. The molecule has 0 spiro atoms. The Kier molecular flexibility index (Phi) is 6.41. The first-order valence-electron chi connectivity index (χ1n) is 8.63. The summed E-state index contributed by atoms with van der Waals surface area (Å²) in [4.78, 5) is 16.7. The van der Waals surface area contributed by atoms with Gasteiger partial charge in [0.1, 0.15) is 0 Å². The lowest BCUT2D eigenvalue weighted by Gasteiger charge is -2.31. The van der Waals surface area contributed by atoms with Crippen LogP contribution >= 0.6 is 23.2 Å². The number of hydrogen-bond acceptors (Lipinski definition) is 3. The number of para-hydroxylation sites is 1. The lowest BCUT2D eigenvalue weighted by Crippen LogP contribution is -2.37. The van der Waals surface area contributed by atoms with Crippen molar-refractivity contribution in [3.63, 3.8) is 0 Å². The Bertz CT molecular complexity index is 776. The van der Waals surface area contributed by atoms with Gasteiger partial charge >= 0.3 is 0 Å². The van der Waals surface area contributed by atoms with Gasteiger partial charge < -0.3 is 14.5 Å². The maximum Gasteiger partial charge on any atom is 0.227 e. The second kappa shape index (κ2) is 8.76. The Morgan fingerprint density at radius 2 is 1.85 bits per heavy atom. The van der Waals surface area contributed by atoms with Gasteiger partial charge in [-0.15, -0.1) is 0 Å². The summed E-state index contributed by atoms with van der Waals surface area (Å²) in [5.41, 5.74) is 3.09. The van der Waals surface area contributed by atoms with Crippen LogP contribution in [0.25, 0.3) is 0 Å². The van der Waals surface area contributed by atoms with Gasteiger partial charge in [0, 0.05) is 42.4 Å². The minimum atomic E-state index is 0.0194. The standard InChI is InChI=1S/C20H22Cl2N2O2/c1-23(20(25)12-15-6-7-17(21)13-18(15)22)14-16-4-2-3-5-19(16)24-8-10-26-11-9-24/h2-7,13H,8-12,14H2,1H3. The SMILES string of the molecule is CN(Cc1ccccc1N1CCOCC1)C(=O)Cc1ccc(Cl)cc1Cl. The van der Waals surface area contributed by atoms with Crippen LogP contribution < -0.4 is 4.90 Å². The number of anilines is 1. The number of carbonyl (C=O) groups is 1. The van der Waals surface area contributed by atoms with E-state index >= 15 is 0 Å². The maximum absolute atomic E-state index is 12.6. The third-order valence-corrected chi connectivity index (χ3v) is 5.12. The lowest BCUT2D eigenvalue weighted by molar-refractivity contribution is -0.129. The maximum atomic E-state index is 12.6. The fourth-order valence-electron chi connectivity index (χ4n) is 3.06. The van der Waals surface area contributed by atoms with E-state index in [1.807, 2.05) is 19.2 Å². The third-order valence-electron chi connectivity index (χ3n) is 4.53. The Labute approximate surface area is 164 Å². The van der Waals surface area contributed by atoms with Crippen LogP contribution in [0.15, 0.2) is 42.5 Å². The molecule has 3 rings (SSSR count). The molecule has 0 N–H and O–H groups in total. The average molecular weight is 393 g/mol. The first-order valence-corrected chi connectivity index (χ1v) is 9.38. The van der Waals surface area contributed by atoms with E-state index in [-0.39, 0.29) is 12.3 Å². The van der Waals surface area contributed by atoms with Gasteiger partial charge in [-0.25, -0.2) is 0 Å². The first-order chi connectivity index (χ1) is 12.5. The molecule has 26 heavy (non-hydrogen) atoms. The van der Waals surface area contributed by atoms with Crippen LogP contribution in [0.5, 0.6) is 0 Å². The quantitative estimate of drug-likeness (QED) is 0.769. The predicted octanol–water partition coefficient (Wildman–Crippen LogP) is 4.03. The fraction of sp³-hybridized carbons (Fsp3) is 0.350. The van der Waals surface area contributed by atoms with Crippen molar-refractivity contribution in [2.24, 2.45) is 0 Å². The number of morpholine rings is 1. The molecule has 138 valence electrons.